The predicted molar refractivity (Wildman–Crippen MR) is 68.1 cm³/mol. The Morgan fingerprint density at radius 3 is 2.82 bits per heavy atom. The number of ether oxygens (including phenoxy) is 1. The molecule has 1 aromatic rings. The van der Waals surface area contributed by atoms with Gasteiger partial charge in [-0.3, -0.25) is 0 Å². The fraction of sp³-hybridized carbons (Fsp3) is 0.500. The van der Waals surface area contributed by atoms with Gasteiger partial charge < -0.3 is 9.72 Å². The molecule has 0 radical (unpaired) electrons. The Morgan fingerprint density at radius 1 is 1.41 bits per heavy atom. The van der Waals surface area contributed by atoms with E-state index in [1.54, 1.807) is 0 Å². The Morgan fingerprint density at radius 2 is 2.18 bits per heavy atom. The molecule has 0 amide bonds. The number of aryl methyl sites for hydroxylation is 1. The highest BCUT2D eigenvalue weighted by Gasteiger charge is 2.21. The molecule has 0 fully saturated rings. The summed E-state index contributed by atoms with van der Waals surface area (Å²) in [4.78, 5) is 15.0. The molecule has 0 aliphatic heterocycles. The van der Waals surface area contributed by atoms with Gasteiger partial charge in [-0.1, -0.05) is 18.6 Å². The van der Waals surface area contributed by atoms with Gasteiger partial charge in [-0.05, 0) is 44.2 Å². The molecule has 2 rings (SSSR count). The van der Waals surface area contributed by atoms with E-state index in [2.05, 4.69) is 18.0 Å². The molecule has 0 saturated heterocycles. The van der Waals surface area contributed by atoms with E-state index in [4.69, 9.17) is 4.74 Å². The van der Waals surface area contributed by atoms with Crippen molar-refractivity contribution >= 4 is 12.0 Å². The zero-order valence-corrected chi connectivity index (χ0v) is 10.7. The minimum Gasteiger partial charge on any atom is -0.461 e. The summed E-state index contributed by atoms with van der Waals surface area (Å²) in [5.74, 6) is -0.245. The van der Waals surface area contributed by atoms with E-state index < -0.39 is 0 Å². The van der Waals surface area contributed by atoms with Crippen molar-refractivity contribution < 1.29 is 9.53 Å². The summed E-state index contributed by atoms with van der Waals surface area (Å²) in [6, 6.07) is 0. The number of carbonyl (C=O) groups excluding carboxylic acids is 1. The van der Waals surface area contributed by atoms with Crippen molar-refractivity contribution in [3.63, 3.8) is 0 Å². The first-order chi connectivity index (χ1) is 8.17. The third-order valence-corrected chi connectivity index (χ3v) is 3.36. The van der Waals surface area contributed by atoms with Crippen molar-refractivity contribution in [2.24, 2.45) is 0 Å². The summed E-state index contributed by atoms with van der Waals surface area (Å²) in [6.07, 6.45) is 5.38. The summed E-state index contributed by atoms with van der Waals surface area (Å²) in [7, 11) is 0. The maximum Gasteiger partial charge on any atom is 0.355 e. The number of esters is 1. The van der Waals surface area contributed by atoms with E-state index in [0.29, 0.717) is 12.3 Å². The summed E-state index contributed by atoms with van der Waals surface area (Å²) in [5.41, 5.74) is 5.45. The van der Waals surface area contributed by atoms with Gasteiger partial charge in [-0.15, -0.1) is 0 Å². The lowest BCUT2D eigenvalue weighted by Crippen LogP contribution is -2.06. The molecular formula is C14H19NO2. The molecule has 0 bridgehead atoms. The van der Waals surface area contributed by atoms with Crippen LogP contribution in [0.3, 0.4) is 0 Å². The van der Waals surface area contributed by atoms with Gasteiger partial charge in [0.05, 0.1) is 6.61 Å². The molecular weight excluding hydrogens is 214 g/mol. The van der Waals surface area contributed by atoms with Crippen LogP contribution in [0.5, 0.6) is 0 Å². The van der Waals surface area contributed by atoms with Gasteiger partial charge in [0.25, 0.3) is 0 Å². The molecule has 0 aromatic carbocycles. The Kier molecular flexibility index (Phi) is 3.36. The zero-order chi connectivity index (χ0) is 12.4. The van der Waals surface area contributed by atoms with E-state index >= 15 is 0 Å². The number of nitrogens with one attached hydrogen (secondary N) is 1. The number of aromatic amines is 1. The monoisotopic (exact) mass is 233 g/mol. The van der Waals surface area contributed by atoms with Gasteiger partial charge in [-0.25, -0.2) is 4.79 Å². The van der Waals surface area contributed by atoms with E-state index in [-0.39, 0.29) is 5.97 Å². The third-order valence-electron chi connectivity index (χ3n) is 3.36. The van der Waals surface area contributed by atoms with Crippen molar-refractivity contribution in [3.8, 4) is 0 Å². The third kappa shape index (κ3) is 2.14. The standard InChI is InChI=1S/C14H19NO2/c1-4-10-6-7-12-11(8-10)9(3)13(15-12)14(16)17-5-2/h8,15H,4-7H2,1-3H3. The molecule has 3 heteroatoms. The number of aromatic nitrogens is 1. The summed E-state index contributed by atoms with van der Waals surface area (Å²) >= 11 is 0. The second kappa shape index (κ2) is 4.78. The molecule has 0 saturated carbocycles. The number of hydrogen-bond donors (Lipinski definition) is 1. The van der Waals surface area contributed by atoms with Crippen LogP contribution in [0.4, 0.5) is 0 Å². The fourth-order valence-corrected chi connectivity index (χ4v) is 2.31. The first-order valence-corrected chi connectivity index (χ1v) is 6.25. The number of allylic oxidation sites excluding steroid dienone is 1. The highest BCUT2D eigenvalue weighted by atomic mass is 16.5. The van der Waals surface area contributed by atoms with Crippen LogP contribution in [-0.4, -0.2) is 17.6 Å². The average Bonchev–Trinajstić information content (AvgIpc) is 2.67. The first kappa shape index (κ1) is 12.0. The molecule has 3 nitrogen and oxygen atoms in total. The Labute approximate surface area is 102 Å². The van der Waals surface area contributed by atoms with Crippen molar-refractivity contribution in [2.75, 3.05) is 6.61 Å². The van der Waals surface area contributed by atoms with Gasteiger partial charge >= 0.3 is 5.97 Å². The van der Waals surface area contributed by atoms with Crippen molar-refractivity contribution in [3.05, 3.63) is 28.1 Å². The van der Waals surface area contributed by atoms with E-state index in [1.807, 2.05) is 13.8 Å². The van der Waals surface area contributed by atoms with Crippen LogP contribution in [0.15, 0.2) is 5.57 Å². The highest BCUT2D eigenvalue weighted by Crippen LogP contribution is 2.29. The molecule has 0 unspecified atom stereocenters. The van der Waals surface area contributed by atoms with Crippen molar-refractivity contribution in [1.29, 1.82) is 0 Å². The maximum atomic E-state index is 11.8. The van der Waals surface area contributed by atoms with Gasteiger partial charge in [0, 0.05) is 5.69 Å². The Balaban J connectivity index is 2.38. The number of fused-ring (bicyclic) bond motifs is 1. The largest absolute Gasteiger partial charge is 0.461 e. The number of rotatable bonds is 3. The number of carbonyl (C=O) groups is 1. The molecule has 1 N–H and O–H groups in total. The van der Waals surface area contributed by atoms with Crippen molar-refractivity contribution in [2.45, 2.75) is 40.0 Å². The number of hydrogen-bond acceptors (Lipinski definition) is 2. The number of H-pyrrole nitrogens is 1. The average molecular weight is 233 g/mol. The van der Waals surface area contributed by atoms with Gasteiger partial charge in [0.2, 0.25) is 0 Å². The van der Waals surface area contributed by atoms with Crippen LogP contribution in [0.2, 0.25) is 0 Å². The molecule has 92 valence electrons. The van der Waals surface area contributed by atoms with Crippen LogP contribution in [-0.2, 0) is 11.2 Å². The molecule has 0 atom stereocenters. The minimum atomic E-state index is -0.245. The lowest BCUT2D eigenvalue weighted by atomic mass is 9.94. The highest BCUT2D eigenvalue weighted by molar-refractivity contribution is 5.91. The van der Waals surface area contributed by atoms with E-state index in [1.165, 1.54) is 16.8 Å². The van der Waals surface area contributed by atoms with E-state index in [0.717, 1.165) is 24.8 Å². The summed E-state index contributed by atoms with van der Waals surface area (Å²) in [5, 5.41) is 0. The van der Waals surface area contributed by atoms with Gasteiger partial charge in [0.15, 0.2) is 0 Å². The normalized spacial score (nSPS) is 14.2. The smallest absolute Gasteiger partial charge is 0.355 e. The predicted octanol–water partition coefficient (Wildman–Crippen LogP) is 3.24. The van der Waals surface area contributed by atoms with E-state index in [9.17, 15) is 4.79 Å². The maximum absolute atomic E-state index is 11.8. The van der Waals surface area contributed by atoms with Gasteiger partial charge in [0.1, 0.15) is 5.69 Å². The van der Waals surface area contributed by atoms with Crippen LogP contribution >= 0.6 is 0 Å². The molecule has 0 spiro atoms. The molecule has 17 heavy (non-hydrogen) atoms. The molecule has 1 aromatic heterocycles. The van der Waals surface area contributed by atoms with Crippen LogP contribution in [0.1, 0.15) is 54.0 Å². The fourth-order valence-electron chi connectivity index (χ4n) is 2.31. The van der Waals surface area contributed by atoms with Crippen LogP contribution in [0.25, 0.3) is 6.08 Å². The topological polar surface area (TPSA) is 42.1 Å². The van der Waals surface area contributed by atoms with Crippen LogP contribution in [0, 0.1) is 6.92 Å². The Hall–Kier alpha value is -1.51. The first-order valence-electron chi connectivity index (χ1n) is 6.25. The lowest BCUT2D eigenvalue weighted by molar-refractivity contribution is 0.0519. The van der Waals surface area contributed by atoms with Crippen molar-refractivity contribution in [1.82, 2.24) is 4.98 Å². The quantitative estimate of drug-likeness (QED) is 0.814. The minimum absolute atomic E-state index is 0.245. The van der Waals surface area contributed by atoms with Crippen LogP contribution < -0.4 is 0 Å². The zero-order valence-electron chi connectivity index (χ0n) is 10.7. The summed E-state index contributed by atoms with van der Waals surface area (Å²) < 4.78 is 5.05. The molecule has 1 aliphatic rings. The molecule has 1 aliphatic carbocycles. The lowest BCUT2D eigenvalue weighted by Gasteiger charge is -2.11. The second-order valence-electron chi connectivity index (χ2n) is 4.39. The second-order valence-corrected chi connectivity index (χ2v) is 4.39. The SMILES string of the molecule is CCOC(=O)c1[nH]c2c(c1C)C=C(CC)CC2. The summed E-state index contributed by atoms with van der Waals surface area (Å²) in [6.45, 7) is 6.39. The van der Waals surface area contributed by atoms with Gasteiger partial charge in [-0.2, -0.15) is 0 Å². The Bertz CT molecular complexity index is 469. The molecule has 1 heterocycles.